The molecule has 18 heavy (non-hydrogen) atoms. The summed E-state index contributed by atoms with van der Waals surface area (Å²) >= 11 is 24.0. The Morgan fingerprint density at radius 1 is 1.06 bits per heavy atom. The number of pyridine rings is 1. The maximum atomic E-state index is 11.0. The lowest BCUT2D eigenvalue weighted by Crippen LogP contribution is -1.94. The Morgan fingerprint density at radius 3 is 2.39 bits per heavy atom. The largest absolute Gasteiger partial charge is 0.296 e. The van der Waals surface area contributed by atoms with Crippen LogP contribution >= 0.6 is 46.4 Å². The van der Waals surface area contributed by atoms with Crippen LogP contribution in [0.25, 0.3) is 11.1 Å². The van der Waals surface area contributed by atoms with Crippen molar-refractivity contribution in [3.63, 3.8) is 0 Å². The molecule has 0 spiro atoms. The van der Waals surface area contributed by atoms with Gasteiger partial charge in [0.15, 0.2) is 6.29 Å². The number of carbonyl (C=O) groups is 1. The Kier molecular flexibility index (Phi) is 4.13. The molecule has 1 aromatic heterocycles. The predicted octanol–water partition coefficient (Wildman–Crippen LogP) is 5.17. The quantitative estimate of drug-likeness (QED) is 0.564. The van der Waals surface area contributed by atoms with Gasteiger partial charge in [-0.15, -0.1) is 0 Å². The highest BCUT2D eigenvalue weighted by Crippen LogP contribution is 2.40. The van der Waals surface area contributed by atoms with Crippen molar-refractivity contribution in [1.82, 2.24) is 4.98 Å². The molecule has 0 unspecified atom stereocenters. The van der Waals surface area contributed by atoms with Gasteiger partial charge < -0.3 is 0 Å². The number of hydrogen-bond donors (Lipinski definition) is 0. The molecular weight excluding hydrogens is 316 g/mol. The molecule has 1 aromatic carbocycles. The molecule has 0 aliphatic rings. The van der Waals surface area contributed by atoms with E-state index in [1.807, 2.05) is 0 Å². The summed E-state index contributed by atoms with van der Waals surface area (Å²) in [5.74, 6) is 0. The van der Waals surface area contributed by atoms with Crippen molar-refractivity contribution in [3.05, 3.63) is 50.2 Å². The summed E-state index contributed by atoms with van der Waals surface area (Å²) in [7, 11) is 0. The summed E-state index contributed by atoms with van der Waals surface area (Å²) in [4.78, 5) is 14.9. The zero-order valence-electron chi connectivity index (χ0n) is 8.75. The van der Waals surface area contributed by atoms with Crippen molar-refractivity contribution >= 4 is 52.7 Å². The molecule has 6 heteroatoms. The first-order valence-electron chi connectivity index (χ1n) is 4.79. The number of hydrogen-bond acceptors (Lipinski definition) is 2. The lowest BCUT2D eigenvalue weighted by atomic mass is 10.0. The van der Waals surface area contributed by atoms with Crippen LogP contribution in [-0.2, 0) is 0 Å². The average Bonchev–Trinajstić information content (AvgIpc) is 2.35. The molecule has 0 radical (unpaired) electrons. The number of aldehydes is 1. The monoisotopic (exact) mass is 319 g/mol. The van der Waals surface area contributed by atoms with Crippen LogP contribution in [0.2, 0.25) is 20.1 Å². The molecule has 2 nitrogen and oxygen atoms in total. The van der Waals surface area contributed by atoms with E-state index in [1.54, 1.807) is 18.2 Å². The van der Waals surface area contributed by atoms with E-state index < -0.39 is 0 Å². The molecule has 0 amide bonds. The maximum absolute atomic E-state index is 11.0. The van der Waals surface area contributed by atoms with Gasteiger partial charge in [-0.25, -0.2) is 0 Å². The van der Waals surface area contributed by atoms with E-state index in [4.69, 9.17) is 46.4 Å². The molecule has 0 saturated carbocycles. The van der Waals surface area contributed by atoms with Crippen LogP contribution in [0.15, 0.2) is 24.4 Å². The summed E-state index contributed by atoms with van der Waals surface area (Å²) in [6, 6.07) is 4.75. The third-order valence-electron chi connectivity index (χ3n) is 2.31. The Hall–Kier alpha value is -0.800. The van der Waals surface area contributed by atoms with Crippen LogP contribution < -0.4 is 0 Å². The van der Waals surface area contributed by atoms with E-state index >= 15 is 0 Å². The van der Waals surface area contributed by atoms with Gasteiger partial charge >= 0.3 is 0 Å². The van der Waals surface area contributed by atoms with E-state index in [0.717, 1.165) is 0 Å². The molecule has 92 valence electrons. The first-order chi connectivity index (χ1) is 8.54. The number of benzene rings is 1. The predicted molar refractivity (Wildman–Crippen MR) is 75.1 cm³/mol. The lowest BCUT2D eigenvalue weighted by molar-refractivity contribution is 0.111. The Bertz CT molecular complexity index is 628. The summed E-state index contributed by atoms with van der Waals surface area (Å²) < 4.78 is 0. The molecule has 2 rings (SSSR count). The standard InChI is InChI=1S/C12H5Cl4NO/c13-6-3-7(10(5-18)17-4-6)11-8(14)1-2-9(15)12(11)16/h1-5H. The highest BCUT2D eigenvalue weighted by atomic mass is 35.5. The van der Waals surface area contributed by atoms with Gasteiger partial charge in [0.05, 0.1) is 20.1 Å². The van der Waals surface area contributed by atoms with E-state index in [0.29, 0.717) is 32.5 Å². The third-order valence-corrected chi connectivity index (χ3v) is 3.64. The van der Waals surface area contributed by atoms with Gasteiger partial charge in [-0.05, 0) is 18.2 Å². The zero-order chi connectivity index (χ0) is 13.3. The highest BCUT2D eigenvalue weighted by molar-refractivity contribution is 6.46. The van der Waals surface area contributed by atoms with Crippen molar-refractivity contribution in [2.75, 3.05) is 0 Å². The van der Waals surface area contributed by atoms with Crippen LogP contribution in [-0.4, -0.2) is 11.3 Å². The highest BCUT2D eigenvalue weighted by Gasteiger charge is 2.16. The van der Waals surface area contributed by atoms with Crippen molar-refractivity contribution in [3.8, 4) is 11.1 Å². The topological polar surface area (TPSA) is 30.0 Å². The molecule has 0 saturated heterocycles. The van der Waals surface area contributed by atoms with Crippen LogP contribution in [0, 0.1) is 0 Å². The van der Waals surface area contributed by atoms with E-state index in [-0.39, 0.29) is 10.7 Å². The smallest absolute Gasteiger partial charge is 0.169 e. The minimum atomic E-state index is 0.200. The molecule has 0 aliphatic carbocycles. The lowest BCUT2D eigenvalue weighted by Gasteiger charge is -2.10. The molecule has 2 aromatic rings. The minimum Gasteiger partial charge on any atom is -0.296 e. The van der Waals surface area contributed by atoms with Crippen LogP contribution in [0.4, 0.5) is 0 Å². The molecule has 0 fully saturated rings. The third kappa shape index (κ3) is 2.47. The summed E-state index contributed by atoms with van der Waals surface area (Å²) in [5, 5.41) is 1.35. The molecule has 0 bridgehead atoms. The Balaban J connectivity index is 2.80. The van der Waals surface area contributed by atoms with Crippen LogP contribution in [0.1, 0.15) is 10.5 Å². The number of rotatable bonds is 2. The number of carbonyl (C=O) groups excluding carboxylic acids is 1. The number of aromatic nitrogens is 1. The molecule has 0 N–H and O–H groups in total. The van der Waals surface area contributed by atoms with Gasteiger partial charge in [0.25, 0.3) is 0 Å². The van der Waals surface area contributed by atoms with E-state index in [9.17, 15) is 4.79 Å². The normalized spacial score (nSPS) is 10.4. The first kappa shape index (κ1) is 13.6. The Morgan fingerprint density at radius 2 is 1.72 bits per heavy atom. The van der Waals surface area contributed by atoms with Crippen molar-refractivity contribution < 1.29 is 4.79 Å². The molecule has 0 aliphatic heterocycles. The van der Waals surface area contributed by atoms with Crippen molar-refractivity contribution in [2.45, 2.75) is 0 Å². The minimum absolute atomic E-state index is 0.200. The van der Waals surface area contributed by atoms with E-state index in [1.165, 1.54) is 6.20 Å². The number of halogens is 4. The van der Waals surface area contributed by atoms with Crippen molar-refractivity contribution in [2.24, 2.45) is 0 Å². The summed E-state index contributed by atoms with van der Waals surface area (Å²) in [6.45, 7) is 0. The van der Waals surface area contributed by atoms with Gasteiger partial charge in [0, 0.05) is 17.3 Å². The van der Waals surface area contributed by atoms with E-state index in [2.05, 4.69) is 4.98 Å². The van der Waals surface area contributed by atoms with Crippen LogP contribution in [0.5, 0.6) is 0 Å². The van der Waals surface area contributed by atoms with Crippen LogP contribution in [0.3, 0.4) is 0 Å². The first-order valence-corrected chi connectivity index (χ1v) is 6.30. The second-order valence-electron chi connectivity index (χ2n) is 3.42. The van der Waals surface area contributed by atoms with Gasteiger partial charge in [0.2, 0.25) is 0 Å². The maximum Gasteiger partial charge on any atom is 0.169 e. The molecule has 1 heterocycles. The van der Waals surface area contributed by atoms with Crippen molar-refractivity contribution in [1.29, 1.82) is 0 Å². The van der Waals surface area contributed by atoms with Gasteiger partial charge in [0.1, 0.15) is 5.69 Å². The van der Waals surface area contributed by atoms with Gasteiger partial charge in [-0.2, -0.15) is 0 Å². The Labute approximate surface area is 123 Å². The second kappa shape index (κ2) is 5.45. The zero-order valence-corrected chi connectivity index (χ0v) is 11.8. The number of nitrogens with zero attached hydrogens (tertiary/aromatic N) is 1. The van der Waals surface area contributed by atoms with Gasteiger partial charge in [-0.1, -0.05) is 46.4 Å². The molecule has 0 atom stereocenters. The fourth-order valence-electron chi connectivity index (χ4n) is 1.52. The summed E-state index contributed by atoms with van der Waals surface area (Å²) in [5.41, 5.74) is 1.10. The SMILES string of the molecule is O=Cc1ncc(Cl)cc1-c1c(Cl)ccc(Cl)c1Cl. The average molecular weight is 321 g/mol. The fraction of sp³-hybridized carbons (Fsp3) is 0. The molecular formula is C12H5Cl4NO. The second-order valence-corrected chi connectivity index (χ2v) is 5.05. The van der Waals surface area contributed by atoms with Gasteiger partial charge in [-0.3, -0.25) is 9.78 Å². The summed E-state index contributed by atoms with van der Waals surface area (Å²) in [6.07, 6.45) is 1.99. The fourth-order valence-corrected chi connectivity index (χ4v) is 2.41.